The second kappa shape index (κ2) is 8.04. The number of rotatable bonds is 6. The molecule has 27 heavy (non-hydrogen) atoms. The molecule has 1 aliphatic heterocycles. The third-order valence-electron chi connectivity index (χ3n) is 4.61. The summed E-state index contributed by atoms with van der Waals surface area (Å²) < 4.78 is 18.7. The van der Waals surface area contributed by atoms with Crippen LogP contribution in [0.5, 0.6) is 0 Å². The molecular weight excluding hydrogens is 351 g/mol. The lowest BCUT2D eigenvalue weighted by Gasteiger charge is -2.39. The lowest BCUT2D eigenvalue weighted by Crippen LogP contribution is -2.58. The first kappa shape index (κ1) is 19.3. The summed E-state index contributed by atoms with van der Waals surface area (Å²) in [5, 5.41) is 0. The van der Waals surface area contributed by atoms with Crippen molar-refractivity contribution in [1.82, 2.24) is 19.8 Å². The first-order valence-corrected chi connectivity index (χ1v) is 9.15. The van der Waals surface area contributed by atoms with Crippen LogP contribution in [0, 0.1) is 11.7 Å². The normalized spacial score (nSPS) is 18.0. The molecule has 1 fully saturated rings. The number of imidazole rings is 1. The van der Waals surface area contributed by atoms with Crippen molar-refractivity contribution in [2.75, 3.05) is 26.2 Å². The van der Waals surface area contributed by atoms with Gasteiger partial charge < -0.3 is 19.5 Å². The summed E-state index contributed by atoms with van der Waals surface area (Å²) >= 11 is 0. The van der Waals surface area contributed by atoms with Crippen molar-refractivity contribution in [3.63, 3.8) is 0 Å². The molecule has 1 aromatic heterocycles. The van der Waals surface area contributed by atoms with Gasteiger partial charge >= 0.3 is 0 Å². The molecule has 1 aromatic carbocycles. The Kier molecular flexibility index (Phi) is 5.74. The molecular formula is C19H25FN4O3. The monoisotopic (exact) mass is 376 g/mol. The SMILES string of the molecule is CC(C)CN1CCN(C(=O)COCc2nc3ccc(F)cc3[nH]2)C(C)C1=O. The van der Waals surface area contributed by atoms with Gasteiger partial charge in [-0.2, -0.15) is 0 Å². The van der Waals surface area contributed by atoms with Crippen LogP contribution >= 0.6 is 0 Å². The van der Waals surface area contributed by atoms with Gasteiger partial charge in [0.25, 0.3) is 0 Å². The van der Waals surface area contributed by atoms with Gasteiger partial charge in [-0.05, 0) is 31.0 Å². The smallest absolute Gasteiger partial charge is 0.249 e. The molecule has 1 saturated heterocycles. The molecule has 0 aliphatic carbocycles. The van der Waals surface area contributed by atoms with Crippen LogP contribution < -0.4 is 0 Å². The van der Waals surface area contributed by atoms with Gasteiger partial charge in [-0.3, -0.25) is 9.59 Å². The summed E-state index contributed by atoms with van der Waals surface area (Å²) in [7, 11) is 0. The van der Waals surface area contributed by atoms with Gasteiger partial charge in [0, 0.05) is 19.6 Å². The van der Waals surface area contributed by atoms with Crippen LogP contribution in [0.1, 0.15) is 26.6 Å². The van der Waals surface area contributed by atoms with Crippen LogP contribution in [-0.2, 0) is 20.9 Å². The van der Waals surface area contributed by atoms with Gasteiger partial charge in [-0.1, -0.05) is 13.8 Å². The number of benzene rings is 1. The highest BCUT2D eigenvalue weighted by molar-refractivity contribution is 5.89. The predicted octanol–water partition coefficient (Wildman–Crippen LogP) is 1.93. The van der Waals surface area contributed by atoms with Crippen LogP contribution in [0.25, 0.3) is 11.0 Å². The number of amides is 2. The van der Waals surface area contributed by atoms with E-state index in [0.717, 1.165) is 0 Å². The maximum Gasteiger partial charge on any atom is 0.249 e. The van der Waals surface area contributed by atoms with E-state index in [9.17, 15) is 14.0 Å². The van der Waals surface area contributed by atoms with Crippen molar-refractivity contribution in [3.8, 4) is 0 Å². The predicted molar refractivity (Wildman–Crippen MR) is 98.3 cm³/mol. The minimum absolute atomic E-state index is 0.0254. The van der Waals surface area contributed by atoms with Crippen molar-refractivity contribution in [2.45, 2.75) is 33.4 Å². The molecule has 0 radical (unpaired) electrons. The van der Waals surface area contributed by atoms with Gasteiger partial charge in [-0.25, -0.2) is 9.37 Å². The molecule has 8 heteroatoms. The van der Waals surface area contributed by atoms with E-state index in [2.05, 4.69) is 23.8 Å². The number of aromatic amines is 1. The molecule has 0 spiro atoms. The summed E-state index contributed by atoms with van der Waals surface area (Å²) in [6.45, 7) is 7.61. The number of fused-ring (bicyclic) bond motifs is 1. The first-order valence-electron chi connectivity index (χ1n) is 9.15. The van der Waals surface area contributed by atoms with Gasteiger partial charge in [-0.15, -0.1) is 0 Å². The number of carbonyl (C=O) groups is 2. The van der Waals surface area contributed by atoms with E-state index in [1.807, 2.05) is 4.90 Å². The summed E-state index contributed by atoms with van der Waals surface area (Å²) in [5.74, 6) is 0.326. The number of ether oxygens (including phenoxy) is 1. The second-order valence-electron chi connectivity index (χ2n) is 7.28. The molecule has 2 heterocycles. The molecule has 1 unspecified atom stereocenters. The van der Waals surface area contributed by atoms with Gasteiger partial charge in [0.05, 0.1) is 11.0 Å². The van der Waals surface area contributed by atoms with Crippen molar-refractivity contribution in [2.24, 2.45) is 5.92 Å². The minimum Gasteiger partial charge on any atom is -0.364 e. The fraction of sp³-hybridized carbons (Fsp3) is 0.526. The maximum absolute atomic E-state index is 13.2. The Bertz CT molecular complexity index is 835. The fourth-order valence-electron chi connectivity index (χ4n) is 3.31. The Morgan fingerprint density at radius 3 is 2.93 bits per heavy atom. The largest absolute Gasteiger partial charge is 0.364 e. The van der Waals surface area contributed by atoms with Crippen molar-refractivity contribution in [1.29, 1.82) is 0 Å². The summed E-state index contributed by atoms with van der Waals surface area (Å²) in [4.78, 5) is 35.5. The zero-order chi connectivity index (χ0) is 19.6. The Morgan fingerprint density at radius 1 is 1.41 bits per heavy atom. The van der Waals surface area contributed by atoms with E-state index in [4.69, 9.17) is 4.74 Å². The Morgan fingerprint density at radius 2 is 2.19 bits per heavy atom. The highest BCUT2D eigenvalue weighted by Crippen LogP contribution is 2.15. The molecule has 146 valence electrons. The molecule has 1 atom stereocenters. The van der Waals surface area contributed by atoms with Crippen molar-refractivity contribution >= 4 is 22.8 Å². The lowest BCUT2D eigenvalue weighted by molar-refractivity contribution is -0.153. The number of nitrogens with zero attached hydrogens (tertiary/aromatic N) is 3. The van der Waals surface area contributed by atoms with Crippen LogP contribution in [0.3, 0.4) is 0 Å². The highest BCUT2D eigenvalue weighted by atomic mass is 19.1. The van der Waals surface area contributed by atoms with Gasteiger partial charge in [0.1, 0.15) is 30.9 Å². The second-order valence-corrected chi connectivity index (χ2v) is 7.28. The quantitative estimate of drug-likeness (QED) is 0.836. The zero-order valence-electron chi connectivity index (χ0n) is 15.9. The van der Waals surface area contributed by atoms with E-state index in [0.29, 0.717) is 42.4 Å². The summed E-state index contributed by atoms with van der Waals surface area (Å²) in [6.07, 6.45) is 0. The Hall–Kier alpha value is -2.48. The van der Waals surface area contributed by atoms with E-state index in [-0.39, 0.29) is 30.8 Å². The Balaban J connectivity index is 1.52. The number of halogens is 1. The molecule has 2 amide bonds. The Labute approximate surface area is 157 Å². The maximum atomic E-state index is 13.2. The van der Waals surface area contributed by atoms with Crippen LogP contribution in [0.2, 0.25) is 0 Å². The average molecular weight is 376 g/mol. The number of aromatic nitrogens is 2. The molecule has 2 aromatic rings. The molecule has 0 saturated carbocycles. The van der Waals surface area contributed by atoms with Gasteiger partial charge in [0.2, 0.25) is 11.8 Å². The van der Waals surface area contributed by atoms with E-state index < -0.39 is 6.04 Å². The van der Waals surface area contributed by atoms with E-state index in [1.54, 1.807) is 17.9 Å². The topological polar surface area (TPSA) is 78.5 Å². The molecule has 1 N–H and O–H groups in total. The third-order valence-corrected chi connectivity index (χ3v) is 4.61. The number of hydrogen-bond acceptors (Lipinski definition) is 4. The van der Waals surface area contributed by atoms with Crippen LogP contribution in [0.15, 0.2) is 18.2 Å². The minimum atomic E-state index is -0.484. The lowest BCUT2D eigenvalue weighted by atomic mass is 10.1. The molecule has 7 nitrogen and oxygen atoms in total. The van der Waals surface area contributed by atoms with Crippen molar-refractivity contribution in [3.05, 3.63) is 29.8 Å². The number of hydrogen-bond donors (Lipinski definition) is 1. The van der Waals surface area contributed by atoms with Crippen LogP contribution in [0.4, 0.5) is 4.39 Å². The van der Waals surface area contributed by atoms with Crippen molar-refractivity contribution < 1.29 is 18.7 Å². The first-order chi connectivity index (χ1) is 12.8. The molecule has 1 aliphatic rings. The highest BCUT2D eigenvalue weighted by Gasteiger charge is 2.34. The summed E-state index contributed by atoms with van der Waals surface area (Å²) in [5.41, 5.74) is 1.22. The third kappa shape index (κ3) is 4.44. The standard InChI is InChI=1S/C19H25FN4O3/c1-12(2)9-23-6-7-24(13(3)19(23)26)18(25)11-27-10-17-21-15-5-4-14(20)8-16(15)22-17/h4-5,8,12-13H,6-7,9-11H2,1-3H3,(H,21,22). The van der Waals surface area contributed by atoms with Crippen LogP contribution in [-0.4, -0.2) is 63.9 Å². The fourth-order valence-corrected chi connectivity index (χ4v) is 3.31. The number of piperazine rings is 1. The average Bonchev–Trinajstić information content (AvgIpc) is 3.00. The van der Waals surface area contributed by atoms with Gasteiger partial charge in [0.15, 0.2) is 0 Å². The number of nitrogens with one attached hydrogen (secondary N) is 1. The van der Waals surface area contributed by atoms with E-state index >= 15 is 0 Å². The molecule has 3 rings (SSSR count). The zero-order valence-corrected chi connectivity index (χ0v) is 15.9. The number of H-pyrrole nitrogens is 1. The van der Waals surface area contributed by atoms with E-state index in [1.165, 1.54) is 12.1 Å². The number of carbonyl (C=O) groups excluding carboxylic acids is 2. The summed E-state index contributed by atoms with van der Waals surface area (Å²) in [6, 6.07) is 3.80. The molecule has 0 bridgehead atoms.